The number of benzene rings is 3. The Bertz CT molecular complexity index is 1380. The van der Waals surface area contributed by atoms with Crippen LogP contribution >= 0.6 is 122 Å². The van der Waals surface area contributed by atoms with E-state index in [1.54, 1.807) is 24.3 Å². The fourth-order valence-corrected chi connectivity index (χ4v) is 7.48. The highest BCUT2D eigenvalue weighted by molar-refractivity contribution is 14.1. The van der Waals surface area contributed by atoms with Gasteiger partial charge in [0.2, 0.25) is 0 Å². The van der Waals surface area contributed by atoms with Gasteiger partial charge >= 0.3 is 17.1 Å². The molecular formula is C20H7Br2I4O5+. The lowest BCUT2D eigenvalue weighted by Gasteiger charge is -2.13. The summed E-state index contributed by atoms with van der Waals surface area (Å²) in [6, 6.07) is 6.86. The Hall–Kier alpha value is 0.280. The number of hydrogen-bond acceptors (Lipinski definition) is 3. The van der Waals surface area contributed by atoms with Crippen molar-refractivity contribution in [3.63, 3.8) is 0 Å². The van der Waals surface area contributed by atoms with Crippen LogP contribution in [0.5, 0.6) is 11.5 Å². The summed E-state index contributed by atoms with van der Waals surface area (Å²) < 4.78 is 9.73. The Balaban J connectivity index is 2.36. The molecule has 0 saturated heterocycles. The van der Waals surface area contributed by atoms with Crippen molar-refractivity contribution in [3.05, 3.63) is 53.1 Å². The summed E-state index contributed by atoms with van der Waals surface area (Å²) in [6.07, 6.45) is 0. The molecule has 11 heteroatoms. The quantitative estimate of drug-likeness (QED) is 0.107. The number of carbonyl (C=O) groups is 1. The molecule has 31 heavy (non-hydrogen) atoms. The van der Waals surface area contributed by atoms with Crippen LogP contribution in [-0.4, -0.2) is 21.3 Å². The molecule has 0 radical (unpaired) electrons. The van der Waals surface area contributed by atoms with Crippen LogP contribution in [0.1, 0.15) is 10.4 Å². The van der Waals surface area contributed by atoms with Crippen molar-refractivity contribution in [2.24, 2.45) is 0 Å². The molecule has 158 valence electrons. The lowest BCUT2D eigenvalue weighted by Crippen LogP contribution is -2.02. The third-order valence-corrected chi connectivity index (χ3v) is 10.1. The second-order valence-corrected chi connectivity index (χ2v) is 12.6. The van der Waals surface area contributed by atoms with Gasteiger partial charge in [0.25, 0.3) is 0 Å². The van der Waals surface area contributed by atoms with Crippen LogP contribution in [0.2, 0.25) is 0 Å². The van der Waals surface area contributed by atoms with E-state index in [-0.39, 0.29) is 17.1 Å². The molecule has 0 bridgehead atoms. The molecule has 0 amide bonds. The predicted octanol–water partition coefficient (Wildman–Crippen LogP) is 8.59. The van der Waals surface area contributed by atoms with Crippen molar-refractivity contribution in [1.82, 2.24) is 0 Å². The van der Waals surface area contributed by atoms with Gasteiger partial charge in [-0.15, -0.1) is 0 Å². The van der Waals surface area contributed by atoms with Crippen LogP contribution in [0.4, 0.5) is 0 Å². The number of phenolic OH excluding ortho intramolecular Hbond substituents is 2. The SMILES string of the molecule is O=C(O)c1cc(Br)c(Br)cc1-c1c2cc(I)c(O)c(I)c2[o+]c2c(I)c(O)c(I)cc12. The molecule has 0 unspecified atom stereocenters. The molecule has 4 rings (SSSR count). The maximum Gasteiger partial charge on any atom is 0.378 e. The van der Waals surface area contributed by atoms with Gasteiger partial charge in [-0.1, -0.05) is 0 Å². The number of hydrogen-bond donors (Lipinski definition) is 3. The fraction of sp³-hybridized carbons (Fsp3) is 0. The van der Waals surface area contributed by atoms with E-state index in [2.05, 4.69) is 31.9 Å². The number of phenols is 2. The number of halogens is 6. The van der Waals surface area contributed by atoms with E-state index < -0.39 is 5.97 Å². The standard InChI is InChI=1S/C20H6Br2I4O5/c21-9-1-5(6(20(29)30)2-10(9)22)13-7-3-11(23)16(27)14(25)18(7)31-19-8(13)4-12(24)17(28)15(19)26/h1-4H,(H2-,27,28,29,30)/p+1. The maximum absolute atomic E-state index is 12.2. The molecule has 1 heterocycles. The smallest absolute Gasteiger partial charge is 0.378 e. The normalized spacial score (nSPS) is 11.4. The molecule has 3 aromatic carbocycles. The summed E-state index contributed by atoms with van der Waals surface area (Å²) in [5.41, 5.74) is 2.07. The van der Waals surface area contributed by atoms with Crippen LogP contribution in [-0.2, 0) is 0 Å². The van der Waals surface area contributed by atoms with E-state index in [0.29, 0.717) is 56.3 Å². The van der Waals surface area contributed by atoms with E-state index in [1.165, 1.54) is 0 Å². The van der Waals surface area contributed by atoms with E-state index in [9.17, 15) is 20.1 Å². The summed E-state index contributed by atoms with van der Waals surface area (Å²) >= 11 is 15.0. The van der Waals surface area contributed by atoms with Gasteiger partial charge in [-0.2, -0.15) is 0 Å². The highest BCUT2D eigenvalue weighted by Gasteiger charge is 2.31. The number of carboxylic acid groups (broad SMARTS) is 1. The first-order valence-corrected chi connectivity index (χ1v) is 14.1. The zero-order chi connectivity index (χ0) is 22.8. The highest BCUT2D eigenvalue weighted by Crippen LogP contribution is 2.47. The molecule has 0 aliphatic heterocycles. The summed E-state index contributed by atoms with van der Waals surface area (Å²) in [6.45, 7) is 0. The van der Waals surface area contributed by atoms with Crippen LogP contribution in [0.3, 0.4) is 0 Å². The second-order valence-electron chi connectivity index (χ2n) is 6.39. The van der Waals surface area contributed by atoms with E-state index >= 15 is 0 Å². The third kappa shape index (κ3) is 4.16. The molecule has 0 aliphatic rings. The molecule has 1 aromatic heterocycles. The lowest BCUT2D eigenvalue weighted by molar-refractivity contribution is 0.0697. The molecule has 3 N–H and O–H groups in total. The first kappa shape index (κ1) is 24.4. The summed E-state index contributed by atoms with van der Waals surface area (Å²) in [4.78, 5) is 12.2. The Kier molecular flexibility index (Phi) is 7.20. The first-order valence-electron chi connectivity index (χ1n) is 8.23. The summed E-state index contributed by atoms with van der Waals surface area (Å²) in [7, 11) is 0. The Morgan fingerprint density at radius 2 is 1.26 bits per heavy atom. The van der Waals surface area contributed by atoms with Crippen molar-refractivity contribution in [1.29, 1.82) is 0 Å². The summed E-state index contributed by atoms with van der Waals surface area (Å²) in [5.74, 6) is -0.900. The van der Waals surface area contributed by atoms with Gasteiger partial charge in [0.1, 0.15) is 0 Å². The monoisotopic (exact) mass is 992 g/mol. The average Bonchev–Trinajstić information content (AvgIpc) is 2.71. The third-order valence-electron chi connectivity index (χ3n) is 4.60. The number of aromatic carboxylic acids is 1. The lowest BCUT2D eigenvalue weighted by atomic mass is 9.93. The van der Waals surface area contributed by atoms with Gasteiger partial charge in [0.15, 0.2) is 18.6 Å². The second kappa shape index (κ2) is 9.14. The molecule has 0 spiro atoms. The minimum atomic E-state index is -1.07. The van der Waals surface area contributed by atoms with Gasteiger partial charge in [0, 0.05) is 14.5 Å². The van der Waals surface area contributed by atoms with Crippen molar-refractivity contribution in [2.75, 3.05) is 0 Å². The van der Waals surface area contributed by atoms with Crippen molar-refractivity contribution in [3.8, 4) is 22.6 Å². The van der Waals surface area contributed by atoms with Crippen molar-refractivity contribution in [2.45, 2.75) is 0 Å². The molecule has 0 fully saturated rings. The Morgan fingerprint density at radius 3 is 1.71 bits per heavy atom. The molecule has 0 saturated carbocycles. The van der Waals surface area contributed by atoms with Crippen molar-refractivity contribution < 1.29 is 24.5 Å². The van der Waals surface area contributed by atoms with Crippen LogP contribution in [0.25, 0.3) is 33.1 Å². The molecule has 4 aromatic rings. The summed E-state index contributed by atoms with van der Waals surface area (Å²) in [5, 5.41) is 32.3. The van der Waals surface area contributed by atoms with Crippen LogP contribution < -0.4 is 0 Å². The van der Waals surface area contributed by atoms with Crippen LogP contribution in [0, 0.1) is 14.3 Å². The number of carboxylic acids is 1. The van der Waals surface area contributed by atoms with Gasteiger partial charge in [-0.25, -0.2) is 9.21 Å². The van der Waals surface area contributed by atoms with Gasteiger partial charge < -0.3 is 15.3 Å². The molecule has 5 nitrogen and oxygen atoms in total. The fourth-order valence-electron chi connectivity index (χ4n) is 3.22. The number of fused-ring (bicyclic) bond motifs is 2. The van der Waals surface area contributed by atoms with Gasteiger partial charge in [0.05, 0.1) is 23.5 Å². The minimum Gasteiger partial charge on any atom is -0.505 e. The van der Waals surface area contributed by atoms with Crippen LogP contribution in [0.15, 0.2) is 37.6 Å². The van der Waals surface area contributed by atoms with Crippen molar-refractivity contribution >= 4 is 150 Å². The molecule has 0 aliphatic carbocycles. The predicted molar refractivity (Wildman–Crippen MR) is 160 cm³/mol. The number of rotatable bonds is 2. The average molecular weight is 995 g/mol. The molecule has 0 atom stereocenters. The van der Waals surface area contributed by atoms with E-state index in [4.69, 9.17) is 4.42 Å². The zero-order valence-electron chi connectivity index (χ0n) is 14.7. The topological polar surface area (TPSA) is 89.1 Å². The van der Waals surface area contributed by atoms with Gasteiger partial charge in [-0.3, -0.25) is 0 Å². The zero-order valence-corrected chi connectivity index (χ0v) is 26.5. The van der Waals surface area contributed by atoms with E-state index in [0.717, 1.165) is 0 Å². The minimum absolute atomic E-state index is 0.0861. The largest absolute Gasteiger partial charge is 0.505 e. The van der Waals surface area contributed by atoms with E-state index in [1.807, 2.05) is 90.4 Å². The highest BCUT2D eigenvalue weighted by atomic mass is 127. The molecular weight excluding hydrogens is 988 g/mol. The maximum atomic E-state index is 12.2. The van der Waals surface area contributed by atoms with Gasteiger partial charge in [-0.05, 0) is 152 Å². The first-order chi connectivity index (χ1) is 14.5. The number of aromatic hydroxyl groups is 2. The Morgan fingerprint density at radius 1 is 0.806 bits per heavy atom. The Labute approximate surface area is 246 Å².